The van der Waals surface area contributed by atoms with Gasteiger partial charge in [-0.05, 0) is 25.7 Å². The summed E-state index contributed by atoms with van der Waals surface area (Å²) in [5, 5.41) is -0.931. The summed E-state index contributed by atoms with van der Waals surface area (Å²) in [5.41, 5.74) is 0. The Kier molecular flexibility index (Phi) is 4.77. The quantitative estimate of drug-likeness (QED) is 0.692. The molecule has 0 radical (unpaired) electrons. The zero-order valence-corrected chi connectivity index (χ0v) is 10.8. The minimum absolute atomic E-state index is 0.00693. The number of esters is 1. The maximum atomic E-state index is 11.9. The van der Waals surface area contributed by atoms with Gasteiger partial charge in [0.05, 0.1) is 6.61 Å². The van der Waals surface area contributed by atoms with E-state index in [0.717, 1.165) is 25.7 Å². The normalized spacial score (nSPS) is 19.6. The average molecular weight is 248 g/mol. The van der Waals surface area contributed by atoms with E-state index in [1.165, 1.54) is 0 Å². The van der Waals surface area contributed by atoms with E-state index in [2.05, 4.69) is 0 Å². The molecule has 1 aliphatic rings. The highest BCUT2D eigenvalue weighted by molar-refractivity contribution is 7.92. The molecule has 0 spiro atoms. The Labute approximate surface area is 97.3 Å². The van der Waals surface area contributed by atoms with E-state index in [-0.39, 0.29) is 18.3 Å². The molecular weight excluding hydrogens is 228 g/mol. The molecular formula is C11H20O4S. The zero-order valence-electron chi connectivity index (χ0n) is 9.94. The van der Waals surface area contributed by atoms with Gasteiger partial charge in [0.1, 0.15) is 0 Å². The van der Waals surface area contributed by atoms with Gasteiger partial charge in [-0.1, -0.05) is 19.8 Å². The second kappa shape index (κ2) is 5.66. The first-order valence-electron chi connectivity index (χ1n) is 5.91. The van der Waals surface area contributed by atoms with Gasteiger partial charge in [0.2, 0.25) is 0 Å². The molecule has 0 N–H and O–H groups in total. The van der Waals surface area contributed by atoms with Crippen LogP contribution in [0.25, 0.3) is 0 Å². The predicted octanol–water partition coefficient (Wildman–Crippen LogP) is 1.54. The molecule has 1 atom stereocenters. The number of carbonyl (C=O) groups excluding carboxylic acids is 1. The molecule has 16 heavy (non-hydrogen) atoms. The van der Waals surface area contributed by atoms with Gasteiger partial charge in [-0.2, -0.15) is 0 Å². The van der Waals surface area contributed by atoms with Crippen LogP contribution < -0.4 is 0 Å². The van der Waals surface area contributed by atoms with Crippen LogP contribution in [0.15, 0.2) is 0 Å². The van der Waals surface area contributed by atoms with Crippen LogP contribution in [-0.4, -0.2) is 32.0 Å². The molecule has 0 aliphatic heterocycles. The van der Waals surface area contributed by atoms with Crippen molar-refractivity contribution in [3.8, 4) is 0 Å². The number of carbonyl (C=O) groups is 1. The van der Waals surface area contributed by atoms with Crippen molar-refractivity contribution in [2.24, 2.45) is 5.92 Å². The molecule has 1 saturated carbocycles. The van der Waals surface area contributed by atoms with Gasteiger partial charge in [0.25, 0.3) is 0 Å². The SMILES string of the molecule is CCOC(=O)C(C1CCCC1)S(=O)(=O)CC. The lowest BCUT2D eigenvalue weighted by Crippen LogP contribution is -2.38. The summed E-state index contributed by atoms with van der Waals surface area (Å²) in [5.74, 6) is -0.590. The lowest BCUT2D eigenvalue weighted by molar-refractivity contribution is -0.143. The average Bonchev–Trinajstić information content (AvgIpc) is 2.71. The van der Waals surface area contributed by atoms with Crippen molar-refractivity contribution in [2.75, 3.05) is 12.4 Å². The molecule has 0 amide bonds. The molecule has 0 aromatic carbocycles. The maximum Gasteiger partial charge on any atom is 0.324 e. The van der Waals surface area contributed by atoms with Crippen LogP contribution in [0.2, 0.25) is 0 Å². The summed E-state index contributed by atoms with van der Waals surface area (Å²) in [6.07, 6.45) is 3.67. The van der Waals surface area contributed by atoms with Gasteiger partial charge in [0, 0.05) is 5.75 Å². The Bertz CT molecular complexity index is 328. The van der Waals surface area contributed by atoms with Crippen molar-refractivity contribution in [3.63, 3.8) is 0 Å². The lowest BCUT2D eigenvalue weighted by atomic mass is 10.0. The molecule has 0 aromatic heterocycles. The summed E-state index contributed by atoms with van der Waals surface area (Å²) in [7, 11) is -3.34. The molecule has 0 aromatic rings. The van der Waals surface area contributed by atoms with E-state index in [9.17, 15) is 13.2 Å². The van der Waals surface area contributed by atoms with E-state index in [4.69, 9.17) is 4.74 Å². The fourth-order valence-corrected chi connectivity index (χ4v) is 3.88. The molecule has 0 heterocycles. The smallest absolute Gasteiger partial charge is 0.324 e. The van der Waals surface area contributed by atoms with Gasteiger partial charge in [-0.15, -0.1) is 0 Å². The highest BCUT2D eigenvalue weighted by atomic mass is 32.2. The third kappa shape index (κ3) is 2.97. The molecule has 1 aliphatic carbocycles. The Balaban J connectivity index is 2.88. The molecule has 0 saturated heterocycles. The summed E-state index contributed by atoms with van der Waals surface area (Å²) in [6.45, 7) is 3.51. The predicted molar refractivity (Wildman–Crippen MR) is 61.8 cm³/mol. The highest BCUT2D eigenvalue weighted by Gasteiger charge is 2.40. The van der Waals surface area contributed by atoms with Crippen molar-refractivity contribution in [1.29, 1.82) is 0 Å². The number of rotatable bonds is 5. The first-order valence-corrected chi connectivity index (χ1v) is 7.62. The molecule has 1 unspecified atom stereocenters. The minimum Gasteiger partial charge on any atom is -0.465 e. The molecule has 94 valence electrons. The third-order valence-corrected chi connectivity index (χ3v) is 5.29. The van der Waals surface area contributed by atoms with E-state index in [1.807, 2.05) is 0 Å². The van der Waals surface area contributed by atoms with Gasteiger partial charge < -0.3 is 4.74 Å². The van der Waals surface area contributed by atoms with Gasteiger partial charge in [-0.3, -0.25) is 4.79 Å². The second-order valence-electron chi connectivity index (χ2n) is 4.17. The molecule has 1 rings (SSSR count). The fraction of sp³-hybridized carbons (Fsp3) is 0.909. The first kappa shape index (κ1) is 13.5. The summed E-state index contributed by atoms with van der Waals surface area (Å²) >= 11 is 0. The lowest BCUT2D eigenvalue weighted by Gasteiger charge is -2.20. The van der Waals surface area contributed by atoms with Crippen LogP contribution in [0.1, 0.15) is 39.5 Å². The summed E-state index contributed by atoms with van der Waals surface area (Å²) in [6, 6.07) is 0. The van der Waals surface area contributed by atoms with Crippen LogP contribution in [-0.2, 0) is 19.4 Å². The summed E-state index contributed by atoms with van der Waals surface area (Å²) in [4.78, 5) is 11.7. The van der Waals surface area contributed by atoms with Crippen LogP contribution in [0.5, 0.6) is 0 Å². The maximum absolute atomic E-state index is 11.9. The number of hydrogen-bond acceptors (Lipinski definition) is 4. The minimum atomic E-state index is -3.34. The van der Waals surface area contributed by atoms with Crippen LogP contribution in [0, 0.1) is 5.92 Å². The topological polar surface area (TPSA) is 60.4 Å². The van der Waals surface area contributed by atoms with Crippen LogP contribution in [0.3, 0.4) is 0 Å². The molecule has 5 heteroatoms. The van der Waals surface area contributed by atoms with E-state index < -0.39 is 21.1 Å². The van der Waals surface area contributed by atoms with Gasteiger partial charge in [0.15, 0.2) is 15.1 Å². The Morgan fingerprint density at radius 1 is 1.31 bits per heavy atom. The van der Waals surface area contributed by atoms with Crippen LogP contribution in [0.4, 0.5) is 0 Å². The first-order chi connectivity index (χ1) is 7.53. The van der Waals surface area contributed by atoms with Crippen LogP contribution >= 0.6 is 0 Å². The van der Waals surface area contributed by atoms with Gasteiger partial charge in [-0.25, -0.2) is 8.42 Å². The molecule has 4 nitrogen and oxygen atoms in total. The van der Waals surface area contributed by atoms with E-state index in [1.54, 1.807) is 13.8 Å². The molecule has 1 fully saturated rings. The van der Waals surface area contributed by atoms with Crippen molar-refractivity contribution in [2.45, 2.75) is 44.8 Å². The van der Waals surface area contributed by atoms with E-state index >= 15 is 0 Å². The Hall–Kier alpha value is -0.580. The van der Waals surface area contributed by atoms with Crippen molar-refractivity contribution in [3.05, 3.63) is 0 Å². The third-order valence-electron chi connectivity index (χ3n) is 3.14. The standard InChI is InChI=1S/C11H20O4S/c1-3-15-11(12)10(16(13,14)4-2)9-7-5-6-8-9/h9-10H,3-8H2,1-2H3. The highest BCUT2D eigenvalue weighted by Crippen LogP contribution is 2.32. The van der Waals surface area contributed by atoms with Crippen molar-refractivity contribution in [1.82, 2.24) is 0 Å². The number of sulfone groups is 1. The number of ether oxygens (including phenoxy) is 1. The van der Waals surface area contributed by atoms with Gasteiger partial charge >= 0.3 is 5.97 Å². The van der Waals surface area contributed by atoms with E-state index in [0.29, 0.717) is 0 Å². The Morgan fingerprint density at radius 2 is 1.88 bits per heavy atom. The number of hydrogen-bond donors (Lipinski definition) is 0. The van der Waals surface area contributed by atoms with Crippen molar-refractivity contribution >= 4 is 15.8 Å². The molecule has 0 bridgehead atoms. The largest absolute Gasteiger partial charge is 0.465 e. The summed E-state index contributed by atoms with van der Waals surface area (Å²) < 4.78 is 28.7. The second-order valence-corrected chi connectivity index (χ2v) is 6.58. The van der Waals surface area contributed by atoms with Crippen molar-refractivity contribution < 1.29 is 17.9 Å². The monoisotopic (exact) mass is 248 g/mol. The Morgan fingerprint density at radius 3 is 2.31 bits per heavy atom. The fourth-order valence-electron chi connectivity index (χ4n) is 2.30. The zero-order chi connectivity index (χ0) is 12.2.